The predicted octanol–water partition coefficient (Wildman–Crippen LogP) is 3.00. The van der Waals surface area contributed by atoms with Crippen molar-refractivity contribution in [1.29, 1.82) is 0 Å². The quantitative estimate of drug-likeness (QED) is 0.710. The van der Waals surface area contributed by atoms with E-state index in [1.165, 1.54) is 12.8 Å². The van der Waals surface area contributed by atoms with E-state index in [1.807, 2.05) is 13.8 Å². The lowest BCUT2D eigenvalue weighted by molar-refractivity contribution is -0.151. The third kappa shape index (κ3) is 3.70. The first-order chi connectivity index (χ1) is 7.95. The van der Waals surface area contributed by atoms with Crippen LogP contribution in [0.4, 0.5) is 0 Å². The number of rotatable bonds is 8. The van der Waals surface area contributed by atoms with Gasteiger partial charge in [-0.15, -0.1) is 0 Å². The fourth-order valence-electron chi connectivity index (χ4n) is 2.32. The molecule has 0 aromatic heterocycles. The lowest BCUT2D eigenvalue weighted by Gasteiger charge is -2.36. The van der Waals surface area contributed by atoms with E-state index in [0.717, 1.165) is 12.5 Å². The van der Waals surface area contributed by atoms with Gasteiger partial charge in [0.15, 0.2) is 0 Å². The Morgan fingerprint density at radius 3 is 2.18 bits per heavy atom. The summed E-state index contributed by atoms with van der Waals surface area (Å²) in [6.07, 6.45) is 4.07. The van der Waals surface area contributed by atoms with Gasteiger partial charge in [0, 0.05) is 19.1 Å². The number of carbonyl (C=O) groups is 1. The second kappa shape index (κ2) is 5.85. The molecule has 0 radical (unpaired) electrons. The van der Waals surface area contributed by atoms with Gasteiger partial charge in [-0.25, -0.2) is 0 Å². The Morgan fingerprint density at radius 1 is 1.35 bits per heavy atom. The van der Waals surface area contributed by atoms with Gasteiger partial charge >= 0.3 is 5.97 Å². The first-order valence-electron chi connectivity index (χ1n) is 6.92. The van der Waals surface area contributed by atoms with Crippen molar-refractivity contribution in [2.45, 2.75) is 59.4 Å². The molecule has 0 aromatic carbocycles. The molecule has 0 spiro atoms. The van der Waals surface area contributed by atoms with Crippen molar-refractivity contribution in [2.24, 2.45) is 11.3 Å². The minimum Gasteiger partial charge on any atom is -0.481 e. The van der Waals surface area contributed by atoms with Crippen LogP contribution in [0.3, 0.4) is 0 Å². The van der Waals surface area contributed by atoms with Crippen LogP contribution in [0.25, 0.3) is 0 Å². The molecule has 0 aromatic rings. The molecule has 1 aliphatic rings. The lowest BCUT2D eigenvalue weighted by Crippen LogP contribution is -2.46. The van der Waals surface area contributed by atoms with Crippen molar-refractivity contribution >= 4 is 5.97 Å². The number of carboxylic acid groups (broad SMARTS) is 1. The van der Waals surface area contributed by atoms with Crippen LogP contribution in [0.5, 0.6) is 0 Å². The Labute approximate surface area is 105 Å². The van der Waals surface area contributed by atoms with Gasteiger partial charge in [-0.2, -0.15) is 0 Å². The van der Waals surface area contributed by atoms with Gasteiger partial charge in [0.05, 0.1) is 5.41 Å². The maximum Gasteiger partial charge on any atom is 0.310 e. The van der Waals surface area contributed by atoms with Crippen molar-refractivity contribution in [3.8, 4) is 0 Å². The van der Waals surface area contributed by atoms with Gasteiger partial charge in [0.2, 0.25) is 0 Å². The van der Waals surface area contributed by atoms with Gasteiger partial charge in [-0.3, -0.25) is 9.69 Å². The number of nitrogens with zero attached hydrogens (tertiary/aromatic N) is 1. The van der Waals surface area contributed by atoms with E-state index in [4.69, 9.17) is 0 Å². The van der Waals surface area contributed by atoms with Crippen LogP contribution in [-0.2, 0) is 4.79 Å². The molecular weight excluding hydrogens is 214 g/mol. The van der Waals surface area contributed by atoms with Crippen LogP contribution in [0, 0.1) is 11.3 Å². The van der Waals surface area contributed by atoms with E-state index in [9.17, 15) is 9.90 Å². The number of carboxylic acids is 1. The maximum absolute atomic E-state index is 11.5. The molecule has 1 rings (SSSR count). The summed E-state index contributed by atoms with van der Waals surface area (Å²) >= 11 is 0. The molecular formula is C14H27NO2. The molecule has 1 fully saturated rings. The second-order valence-corrected chi connectivity index (χ2v) is 5.76. The van der Waals surface area contributed by atoms with Gasteiger partial charge in [-0.1, -0.05) is 13.8 Å². The Morgan fingerprint density at radius 2 is 1.88 bits per heavy atom. The predicted molar refractivity (Wildman–Crippen MR) is 70.1 cm³/mol. The Balaban J connectivity index is 2.69. The number of hydrogen-bond acceptors (Lipinski definition) is 2. The van der Waals surface area contributed by atoms with E-state index in [1.54, 1.807) is 0 Å². The molecule has 1 saturated carbocycles. The SMILES string of the molecule is CCC(CC)(CN(CC1CC1)C(C)C)C(=O)O. The Kier molecular flexibility index (Phi) is 4.99. The van der Waals surface area contributed by atoms with Crippen LogP contribution in [0.2, 0.25) is 0 Å². The van der Waals surface area contributed by atoms with E-state index in [0.29, 0.717) is 25.4 Å². The van der Waals surface area contributed by atoms with Gasteiger partial charge in [-0.05, 0) is 45.4 Å². The summed E-state index contributed by atoms with van der Waals surface area (Å²) in [5, 5.41) is 9.48. The summed E-state index contributed by atoms with van der Waals surface area (Å²) in [5.74, 6) is 0.182. The number of hydrogen-bond donors (Lipinski definition) is 1. The highest BCUT2D eigenvalue weighted by Gasteiger charge is 2.38. The molecule has 1 N–H and O–H groups in total. The third-order valence-corrected chi connectivity index (χ3v) is 4.23. The molecule has 1 aliphatic carbocycles. The lowest BCUT2D eigenvalue weighted by atomic mass is 9.81. The van der Waals surface area contributed by atoms with Crippen LogP contribution in [0.1, 0.15) is 53.4 Å². The van der Waals surface area contributed by atoms with Gasteiger partial charge in [0.1, 0.15) is 0 Å². The van der Waals surface area contributed by atoms with Crippen LogP contribution >= 0.6 is 0 Å². The zero-order valence-corrected chi connectivity index (χ0v) is 11.7. The molecule has 0 bridgehead atoms. The van der Waals surface area contributed by atoms with Crippen LogP contribution in [0.15, 0.2) is 0 Å². The Bertz CT molecular complexity index is 255. The van der Waals surface area contributed by atoms with Crippen molar-refractivity contribution in [3.63, 3.8) is 0 Å². The minimum atomic E-state index is -0.635. The average Bonchev–Trinajstić information content (AvgIpc) is 3.07. The Hall–Kier alpha value is -0.570. The maximum atomic E-state index is 11.5. The summed E-state index contributed by atoms with van der Waals surface area (Å²) in [6, 6.07) is 0.437. The first kappa shape index (κ1) is 14.5. The highest BCUT2D eigenvalue weighted by molar-refractivity contribution is 5.74. The molecule has 0 saturated heterocycles. The summed E-state index contributed by atoms with van der Waals surface area (Å²) in [4.78, 5) is 13.9. The van der Waals surface area contributed by atoms with Crippen molar-refractivity contribution in [1.82, 2.24) is 4.90 Å². The standard InChI is InChI=1S/C14H27NO2/c1-5-14(6-2,13(16)17)10-15(11(3)4)9-12-7-8-12/h11-12H,5-10H2,1-4H3,(H,16,17). The zero-order chi connectivity index (χ0) is 13.1. The van der Waals surface area contributed by atoms with Gasteiger partial charge < -0.3 is 5.11 Å². The fraction of sp³-hybridized carbons (Fsp3) is 0.929. The molecule has 3 nitrogen and oxygen atoms in total. The highest BCUT2D eigenvalue weighted by Crippen LogP contribution is 2.33. The average molecular weight is 241 g/mol. The van der Waals surface area contributed by atoms with E-state index >= 15 is 0 Å². The molecule has 0 amide bonds. The molecule has 0 unspecified atom stereocenters. The zero-order valence-electron chi connectivity index (χ0n) is 11.7. The molecule has 3 heteroatoms. The van der Waals surface area contributed by atoms with Crippen LogP contribution in [-0.4, -0.2) is 35.1 Å². The monoisotopic (exact) mass is 241 g/mol. The van der Waals surface area contributed by atoms with E-state index in [-0.39, 0.29) is 0 Å². The highest BCUT2D eigenvalue weighted by atomic mass is 16.4. The number of aliphatic carboxylic acids is 1. The van der Waals surface area contributed by atoms with Crippen LogP contribution < -0.4 is 0 Å². The molecule has 100 valence electrons. The smallest absolute Gasteiger partial charge is 0.310 e. The largest absolute Gasteiger partial charge is 0.481 e. The van der Waals surface area contributed by atoms with Gasteiger partial charge in [0.25, 0.3) is 0 Å². The van der Waals surface area contributed by atoms with Crippen molar-refractivity contribution in [2.75, 3.05) is 13.1 Å². The summed E-state index contributed by atoms with van der Waals surface area (Å²) in [5.41, 5.74) is -0.556. The van der Waals surface area contributed by atoms with E-state index in [2.05, 4.69) is 18.7 Å². The second-order valence-electron chi connectivity index (χ2n) is 5.76. The summed E-state index contributed by atoms with van der Waals surface area (Å²) < 4.78 is 0. The van der Waals surface area contributed by atoms with Crippen molar-refractivity contribution < 1.29 is 9.90 Å². The topological polar surface area (TPSA) is 40.5 Å². The third-order valence-electron chi connectivity index (χ3n) is 4.23. The molecule has 0 aliphatic heterocycles. The van der Waals surface area contributed by atoms with Crippen molar-refractivity contribution in [3.05, 3.63) is 0 Å². The molecule has 0 heterocycles. The first-order valence-corrected chi connectivity index (χ1v) is 6.92. The molecule has 0 atom stereocenters. The summed E-state index contributed by atoms with van der Waals surface area (Å²) in [7, 11) is 0. The molecule has 17 heavy (non-hydrogen) atoms. The van der Waals surface area contributed by atoms with E-state index < -0.39 is 11.4 Å². The summed E-state index contributed by atoms with van der Waals surface area (Å²) in [6.45, 7) is 10.1. The minimum absolute atomic E-state index is 0.437. The fourth-order valence-corrected chi connectivity index (χ4v) is 2.32. The normalized spacial score (nSPS) is 16.8.